The van der Waals surface area contributed by atoms with E-state index < -0.39 is 0 Å². The average molecular weight is 286 g/mol. The molecule has 0 N–H and O–H groups in total. The van der Waals surface area contributed by atoms with E-state index in [-0.39, 0.29) is 0 Å². The summed E-state index contributed by atoms with van der Waals surface area (Å²) >= 11 is 1.79. The van der Waals surface area contributed by atoms with Crippen LogP contribution in [0.5, 0.6) is 0 Å². The van der Waals surface area contributed by atoms with Crippen LogP contribution in [0.4, 0.5) is 5.69 Å². The van der Waals surface area contributed by atoms with E-state index in [9.17, 15) is 0 Å². The van der Waals surface area contributed by atoms with Crippen LogP contribution in [0.3, 0.4) is 0 Å². The van der Waals surface area contributed by atoms with Gasteiger partial charge >= 0.3 is 0 Å². The lowest BCUT2D eigenvalue weighted by Crippen LogP contribution is -2.46. The summed E-state index contributed by atoms with van der Waals surface area (Å²) in [4.78, 5) is 5.09. The zero-order chi connectivity index (χ0) is 13.9. The van der Waals surface area contributed by atoms with Crippen LogP contribution in [0.15, 0.2) is 35.0 Å². The van der Waals surface area contributed by atoms with Crippen LogP contribution in [-0.4, -0.2) is 31.1 Å². The van der Waals surface area contributed by atoms with Crippen molar-refractivity contribution in [1.29, 1.82) is 0 Å². The largest absolute Gasteiger partial charge is 0.369 e. The number of anilines is 1. The molecule has 1 aromatic heterocycles. The first-order valence-electron chi connectivity index (χ1n) is 7.28. The fraction of sp³-hybridized carbons (Fsp3) is 0.412. The Labute approximate surface area is 125 Å². The number of hydrogen-bond acceptors (Lipinski definition) is 3. The molecule has 1 aliphatic heterocycles. The minimum atomic E-state index is 1.10. The molecule has 2 aromatic rings. The lowest BCUT2D eigenvalue weighted by Gasteiger charge is -2.37. The van der Waals surface area contributed by atoms with Crippen LogP contribution < -0.4 is 4.90 Å². The number of piperazine rings is 1. The average Bonchev–Trinajstić information content (AvgIpc) is 2.96. The number of benzene rings is 1. The number of rotatable bonds is 3. The Hall–Kier alpha value is -1.32. The summed E-state index contributed by atoms with van der Waals surface area (Å²) in [5.41, 5.74) is 5.69. The van der Waals surface area contributed by atoms with Crippen molar-refractivity contribution in [2.24, 2.45) is 0 Å². The predicted octanol–water partition coefficient (Wildman–Crippen LogP) is 3.69. The highest BCUT2D eigenvalue weighted by molar-refractivity contribution is 7.07. The van der Waals surface area contributed by atoms with Gasteiger partial charge in [0.15, 0.2) is 0 Å². The first-order valence-corrected chi connectivity index (χ1v) is 8.23. The smallest absolute Gasteiger partial charge is 0.0399 e. The van der Waals surface area contributed by atoms with Crippen molar-refractivity contribution in [1.82, 2.24) is 4.90 Å². The minimum absolute atomic E-state index is 1.10. The zero-order valence-corrected chi connectivity index (χ0v) is 13.1. The lowest BCUT2D eigenvalue weighted by atomic mass is 10.1. The van der Waals surface area contributed by atoms with Gasteiger partial charge in [0.2, 0.25) is 0 Å². The van der Waals surface area contributed by atoms with Crippen LogP contribution in [0.1, 0.15) is 16.7 Å². The van der Waals surface area contributed by atoms with Gasteiger partial charge in [0.1, 0.15) is 0 Å². The number of thiophene rings is 1. The summed E-state index contributed by atoms with van der Waals surface area (Å²) in [6, 6.07) is 8.87. The molecule has 20 heavy (non-hydrogen) atoms. The molecule has 1 aromatic carbocycles. The summed E-state index contributed by atoms with van der Waals surface area (Å²) in [7, 11) is 0. The summed E-state index contributed by atoms with van der Waals surface area (Å²) < 4.78 is 0. The Morgan fingerprint density at radius 3 is 2.55 bits per heavy atom. The van der Waals surface area contributed by atoms with E-state index in [2.05, 4.69) is 58.7 Å². The summed E-state index contributed by atoms with van der Waals surface area (Å²) in [5, 5.41) is 4.43. The third-order valence-electron chi connectivity index (χ3n) is 4.28. The quantitative estimate of drug-likeness (QED) is 0.849. The highest BCUT2D eigenvalue weighted by atomic mass is 32.1. The third-order valence-corrected chi connectivity index (χ3v) is 5.01. The molecule has 0 amide bonds. The van der Waals surface area contributed by atoms with Crippen LogP contribution in [-0.2, 0) is 6.54 Å². The second-order valence-corrected chi connectivity index (χ2v) is 6.39. The normalized spacial score (nSPS) is 16.6. The Morgan fingerprint density at radius 2 is 1.85 bits per heavy atom. The Morgan fingerprint density at radius 1 is 1.05 bits per heavy atom. The molecule has 0 saturated carbocycles. The van der Waals surface area contributed by atoms with E-state index in [1.165, 1.54) is 22.4 Å². The highest BCUT2D eigenvalue weighted by Gasteiger charge is 2.18. The van der Waals surface area contributed by atoms with Crippen LogP contribution >= 0.6 is 11.3 Å². The first kappa shape index (κ1) is 13.7. The van der Waals surface area contributed by atoms with Gasteiger partial charge in [-0.1, -0.05) is 12.1 Å². The van der Waals surface area contributed by atoms with Crippen LogP contribution in [0, 0.1) is 13.8 Å². The second-order valence-electron chi connectivity index (χ2n) is 5.61. The molecular formula is C17H22N2S. The van der Waals surface area contributed by atoms with Gasteiger partial charge in [0.05, 0.1) is 0 Å². The summed E-state index contributed by atoms with van der Waals surface area (Å²) in [5.74, 6) is 0. The van der Waals surface area contributed by atoms with E-state index in [4.69, 9.17) is 0 Å². The second kappa shape index (κ2) is 5.98. The number of aryl methyl sites for hydroxylation is 1. The van der Waals surface area contributed by atoms with Gasteiger partial charge in [-0.2, -0.15) is 11.3 Å². The van der Waals surface area contributed by atoms with Gasteiger partial charge in [-0.05, 0) is 53.4 Å². The van der Waals surface area contributed by atoms with Gasteiger partial charge in [-0.25, -0.2) is 0 Å². The fourth-order valence-electron chi connectivity index (χ4n) is 2.87. The third kappa shape index (κ3) is 2.89. The lowest BCUT2D eigenvalue weighted by molar-refractivity contribution is 0.250. The SMILES string of the molecule is Cc1cccc(N2CCN(Cc3ccsc3)CC2)c1C. The van der Waals surface area contributed by atoms with E-state index in [1.54, 1.807) is 11.3 Å². The maximum Gasteiger partial charge on any atom is 0.0399 e. The molecule has 0 spiro atoms. The van der Waals surface area contributed by atoms with Crippen molar-refractivity contribution in [2.75, 3.05) is 31.1 Å². The Bertz CT molecular complexity index is 554. The van der Waals surface area contributed by atoms with Crippen molar-refractivity contribution < 1.29 is 0 Å². The molecule has 106 valence electrons. The zero-order valence-electron chi connectivity index (χ0n) is 12.3. The summed E-state index contributed by atoms with van der Waals surface area (Å²) in [6.07, 6.45) is 0. The molecule has 3 rings (SSSR count). The fourth-order valence-corrected chi connectivity index (χ4v) is 3.53. The maximum atomic E-state index is 2.56. The minimum Gasteiger partial charge on any atom is -0.369 e. The number of nitrogens with zero attached hydrogens (tertiary/aromatic N) is 2. The van der Waals surface area contributed by atoms with Crippen molar-refractivity contribution in [2.45, 2.75) is 20.4 Å². The van der Waals surface area contributed by atoms with Gasteiger partial charge in [0, 0.05) is 38.4 Å². The topological polar surface area (TPSA) is 6.48 Å². The van der Waals surface area contributed by atoms with Crippen molar-refractivity contribution >= 4 is 17.0 Å². The van der Waals surface area contributed by atoms with Crippen LogP contribution in [0.2, 0.25) is 0 Å². The van der Waals surface area contributed by atoms with Crippen molar-refractivity contribution in [3.05, 3.63) is 51.7 Å². The Kier molecular flexibility index (Phi) is 4.08. The van der Waals surface area contributed by atoms with E-state index in [1.807, 2.05) is 0 Å². The molecule has 0 aliphatic carbocycles. The molecule has 1 fully saturated rings. The molecule has 0 unspecified atom stereocenters. The van der Waals surface area contributed by atoms with Gasteiger partial charge < -0.3 is 4.90 Å². The van der Waals surface area contributed by atoms with Gasteiger partial charge in [-0.3, -0.25) is 4.90 Å². The van der Waals surface area contributed by atoms with Crippen LogP contribution in [0.25, 0.3) is 0 Å². The molecule has 1 aliphatic rings. The first-order chi connectivity index (χ1) is 9.74. The molecule has 3 heteroatoms. The van der Waals surface area contributed by atoms with E-state index in [0.717, 1.165) is 32.7 Å². The maximum absolute atomic E-state index is 2.56. The van der Waals surface area contributed by atoms with Gasteiger partial charge in [0.25, 0.3) is 0 Å². The van der Waals surface area contributed by atoms with E-state index in [0.29, 0.717) is 0 Å². The van der Waals surface area contributed by atoms with E-state index >= 15 is 0 Å². The molecule has 1 saturated heterocycles. The Balaban J connectivity index is 1.62. The molecular weight excluding hydrogens is 264 g/mol. The monoisotopic (exact) mass is 286 g/mol. The molecule has 2 nitrogen and oxygen atoms in total. The molecule has 2 heterocycles. The van der Waals surface area contributed by atoms with Crippen molar-refractivity contribution in [3.63, 3.8) is 0 Å². The highest BCUT2D eigenvalue weighted by Crippen LogP contribution is 2.24. The molecule has 0 radical (unpaired) electrons. The van der Waals surface area contributed by atoms with Crippen molar-refractivity contribution in [3.8, 4) is 0 Å². The number of hydrogen-bond donors (Lipinski definition) is 0. The summed E-state index contributed by atoms with van der Waals surface area (Å²) in [6.45, 7) is 10.1. The molecule has 0 atom stereocenters. The molecule has 0 bridgehead atoms. The standard InChI is InChI=1S/C17H22N2S/c1-14-4-3-5-17(15(14)2)19-9-7-18(8-10-19)12-16-6-11-20-13-16/h3-6,11,13H,7-10,12H2,1-2H3. The predicted molar refractivity (Wildman–Crippen MR) is 87.7 cm³/mol. The van der Waals surface area contributed by atoms with Gasteiger partial charge in [-0.15, -0.1) is 0 Å².